The number of nitrogens with two attached hydrogens (primary N) is 1. The van der Waals surface area contributed by atoms with Crippen molar-refractivity contribution in [2.75, 3.05) is 5.73 Å². The molecular formula is C11H14N4. The maximum Gasteiger partial charge on any atom is 0.150 e. The highest BCUT2D eigenvalue weighted by molar-refractivity contribution is 5.69. The molecule has 1 heterocycles. The van der Waals surface area contributed by atoms with Crippen LogP contribution in [0.3, 0.4) is 0 Å². The van der Waals surface area contributed by atoms with E-state index in [1.165, 1.54) is 0 Å². The van der Waals surface area contributed by atoms with Gasteiger partial charge in [-0.25, -0.2) is 4.68 Å². The molecule has 4 heteroatoms. The molecule has 1 aromatic carbocycles. The Hall–Kier alpha value is -1.84. The first-order valence-corrected chi connectivity index (χ1v) is 4.96. The van der Waals surface area contributed by atoms with E-state index in [2.05, 4.69) is 10.3 Å². The quantitative estimate of drug-likeness (QED) is 0.811. The van der Waals surface area contributed by atoms with Gasteiger partial charge in [0.2, 0.25) is 0 Å². The molecule has 0 saturated carbocycles. The summed E-state index contributed by atoms with van der Waals surface area (Å²) >= 11 is 0. The van der Waals surface area contributed by atoms with Crippen LogP contribution in [-0.4, -0.2) is 15.0 Å². The van der Waals surface area contributed by atoms with Gasteiger partial charge < -0.3 is 5.73 Å². The monoisotopic (exact) mass is 202 g/mol. The van der Waals surface area contributed by atoms with Gasteiger partial charge in [0.15, 0.2) is 5.82 Å². The minimum atomic E-state index is 0.231. The Bertz CT molecular complexity index is 445. The third-order valence-corrected chi connectivity index (χ3v) is 2.27. The number of nitrogen functional groups attached to an aromatic ring is 1. The highest BCUT2D eigenvalue weighted by Crippen LogP contribution is 2.24. The van der Waals surface area contributed by atoms with Crippen molar-refractivity contribution in [1.29, 1.82) is 0 Å². The van der Waals surface area contributed by atoms with E-state index < -0.39 is 0 Å². The van der Waals surface area contributed by atoms with Crippen LogP contribution in [0.15, 0.2) is 30.3 Å². The molecule has 0 radical (unpaired) electrons. The summed E-state index contributed by atoms with van der Waals surface area (Å²) in [7, 11) is 0. The SMILES string of the molecule is CC(C)n1nnc(-c2ccccc2)c1N. The summed E-state index contributed by atoms with van der Waals surface area (Å²) in [5, 5.41) is 8.13. The summed E-state index contributed by atoms with van der Waals surface area (Å²) in [5.41, 5.74) is 7.73. The van der Waals surface area contributed by atoms with Gasteiger partial charge in [-0.15, -0.1) is 5.10 Å². The number of anilines is 1. The smallest absolute Gasteiger partial charge is 0.150 e. The van der Waals surface area contributed by atoms with Crippen molar-refractivity contribution in [2.45, 2.75) is 19.9 Å². The topological polar surface area (TPSA) is 56.7 Å². The number of hydrogen-bond donors (Lipinski definition) is 1. The Labute approximate surface area is 88.7 Å². The fraction of sp³-hybridized carbons (Fsp3) is 0.273. The van der Waals surface area contributed by atoms with Crippen molar-refractivity contribution in [3.63, 3.8) is 0 Å². The first kappa shape index (κ1) is 9.71. The van der Waals surface area contributed by atoms with E-state index >= 15 is 0 Å². The maximum absolute atomic E-state index is 5.97. The van der Waals surface area contributed by atoms with Crippen LogP contribution < -0.4 is 5.73 Å². The van der Waals surface area contributed by atoms with E-state index in [4.69, 9.17) is 5.73 Å². The largest absolute Gasteiger partial charge is 0.382 e. The third kappa shape index (κ3) is 1.70. The molecule has 0 saturated heterocycles. The number of hydrogen-bond acceptors (Lipinski definition) is 3. The number of benzene rings is 1. The lowest BCUT2D eigenvalue weighted by Crippen LogP contribution is -2.07. The minimum absolute atomic E-state index is 0.231. The van der Waals surface area contributed by atoms with Crippen molar-refractivity contribution in [2.24, 2.45) is 0 Å². The lowest BCUT2D eigenvalue weighted by atomic mass is 10.1. The molecule has 2 rings (SSSR count). The zero-order chi connectivity index (χ0) is 10.8. The van der Waals surface area contributed by atoms with Gasteiger partial charge in [-0.05, 0) is 13.8 Å². The number of rotatable bonds is 2. The minimum Gasteiger partial charge on any atom is -0.382 e. The van der Waals surface area contributed by atoms with Crippen molar-refractivity contribution < 1.29 is 0 Å². The van der Waals surface area contributed by atoms with Crippen LogP contribution >= 0.6 is 0 Å². The molecule has 0 bridgehead atoms. The molecule has 0 aliphatic rings. The van der Waals surface area contributed by atoms with Crippen LogP contribution in [-0.2, 0) is 0 Å². The van der Waals surface area contributed by atoms with E-state index in [9.17, 15) is 0 Å². The molecule has 0 spiro atoms. The van der Waals surface area contributed by atoms with Gasteiger partial charge in [-0.1, -0.05) is 35.5 Å². The highest BCUT2D eigenvalue weighted by Gasteiger charge is 2.12. The average molecular weight is 202 g/mol. The molecule has 2 aromatic rings. The first-order chi connectivity index (χ1) is 7.20. The van der Waals surface area contributed by atoms with Crippen LogP contribution in [0.2, 0.25) is 0 Å². The second-order valence-electron chi connectivity index (χ2n) is 3.73. The standard InChI is InChI=1S/C11H14N4/c1-8(2)15-11(12)10(13-14-15)9-6-4-3-5-7-9/h3-8H,12H2,1-2H3. The van der Waals surface area contributed by atoms with Gasteiger partial charge in [-0.2, -0.15) is 0 Å². The van der Waals surface area contributed by atoms with Crippen molar-refractivity contribution >= 4 is 5.82 Å². The van der Waals surface area contributed by atoms with Crippen molar-refractivity contribution in [1.82, 2.24) is 15.0 Å². The Balaban J connectivity index is 2.47. The highest BCUT2D eigenvalue weighted by atomic mass is 15.5. The van der Waals surface area contributed by atoms with E-state index in [0.29, 0.717) is 5.82 Å². The summed E-state index contributed by atoms with van der Waals surface area (Å²) in [6.45, 7) is 4.06. The van der Waals surface area contributed by atoms with Crippen LogP contribution in [0.5, 0.6) is 0 Å². The van der Waals surface area contributed by atoms with Crippen LogP contribution in [0.25, 0.3) is 11.3 Å². The normalized spacial score (nSPS) is 10.9. The molecule has 0 atom stereocenters. The van der Waals surface area contributed by atoms with Gasteiger partial charge in [0, 0.05) is 5.56 Å². The molecule has 0 amide bonds. The van der Waals surface area contributed by atoms with Gasteiger partial charge in [0.05, 0.1) is 6.04 Å². The molecule has 0 aliphatic carbocycles. The lowest BCUT2D eigenvalue weighted by Gasteiger charge is -2.06. The molecule has 4 nitrogen and oxygen atoms in total. The average Bonchev–Trinajstić information content (AvgIpc) is 2.61. The molecule has 0 fully saturated rings. The summed E-state index contributed by atoms with van der Waals surface area (Å²) in [4.78, 5) is 0. The van der Waals surface area contributed by atoms with E-state index in [0.717, 1.165) is 11.3 Å². The molecule has 0 aliphatic heterocycles. The fourth-order valence-electron chi connectivity index (χ4n) is 1.48. The second-order valence-corrected chi connectivity index (χ2v) is 3.73. The van der Waals surface area contributed by atoms with Crippen LogP contribution in [0, 0.1) is 0 Å². The Kier molecular flexibility index (Phi) is 2.41. The zero-order valence-corrected chi connectivity index (χ0v) is 8.88. The summed E-state index contributed by atoms with van der Waals surface area (Å²) < 4.78 is 1.72. The lowest BCUT2D eigenvalue weighted by molar-refractivity contribution is 0.521. The van der Waals surface area contributed by atoms with Crippen LogP contribution in [0.1, 0.15) is 19.9 Å². The van der Waals surface area contributed by atoms with Gasteiger partial charge in [-0.3, -0.25) is 0 Å². The van der Waals surface area contributed by atoms with Gasteiger partial charge in [0.1, 0.15) is 5.69 Å². The second kappa shape index (κ2) is 3.73. The Morgan fingerprint density at radius 1 is 1.20 bits per heavy atom. The van der Waals surface area contributed by atoms with Crippen LogP contribution in [0.4, 0.5) is 5.82 Å². The van der Waals surface area contributed by atoms with E-state index in [-0.39, 0.29) is 6.04 Å². The summed E-state index contributed by atoms with van der Waals surface area (Å²) in [6.07, 6.45) is 0. The zero-order valence-electron chi connectivity index (χ0n) is 8.88. The predicted molar refractivity (Wildman–Crippen MR) is 60.3 cm³/mol. The van der Waals surface area contributed by atoms with E-state index in [1.54, 1.807) is 4.68 Å². The molecule has 1 aromatic heterocycles. The fourth-order valence-corrected chi connectivity index (χ4v) is 1.48. The molecule has 78 valence electrons. The maximum atomic E-state index is 5.97. The van der Waals surface area contributed by atoms with Gasteiger partial charge >= 0.3 is 0 Å². The first-order valence-electron chi connectivity index (χ1n) is 4.96. The van der Waals surface area contributed by atoms with Gasteiger partial charge in [0.25, 0.3) is 0 Å². The number of nitrogens with zero attached hydrogens (tertiary/aromatic N) is 3. The van der Waals surface area contributed by atoms with Crippen molar-refractivity contribution in [3.8, 4) is 11.3 Å². The van der Waals surface area contributed by atoms with Crippen molar-refractivity contribution in [3.05, 3.63) is 30.3 Å². The Morgan fingerprint density at radius 3 is 2.40 bits per heavy atom. The van der Waals surface area contributed by atoms with E-state index in [1.807, 2.05) is 44.2 Å². The summed E-state index contributed by atoms with van der Waals surface area (Å²) in [5.74, 6) is 0.621. The predicted octanol–water partition coefficient (Wildman–Crippen LogP) is 2.11. The molecule has 0 unspecified atom stereocenters. The molecule has 2 N–H and O–H groups in total. The molecule has 15 heavy (non-hydrogen) atoms. The third-order valence-electron chi connectivity index (χ3n) is 2.27. The summed E-state index contributed by atoms with van der Waals surface area (Å²) in [6, 6.07) is 10.1. The Morgan fingerprint density at radius 2 is 1.87 bits per heavy atom. The molecular weight excluding hydrogens is 188 g/mol. The number of aromatic nitrogens is 3.